The molecule has 0 unspecified atom stereocenters. The van der Waals surface area contributed by atoms with Crippen LogP contribution >= 0.6 is 11.6 Å². The molecule has 0 spiro atoms. The van der Waals surface area contributed by atoms with Crippen molar-refractivity contribution in [2.75, 3.05) is 29.0 Å². The highest BCUT2D eigenvalue weighted by Crippen LogP contribution is 2.24. The van der Waals surface area contributed by atoms with E-state index in [2.05, 4.69) is 19.9 Å². The quantitative estimate of drug-likeness (QED) is 0.723. The monoisotopic (exact) mass is 436 g/mol. The largest absolute Gasteiger partial charge is 0.357 e. The van der Waals surface area contributed by atoms with Crippen molar-refractivity contribution in [1.29, 1.82) is 0 Å². The lowest BCUT2D eigenvalue weighted by Crippen LogP contribution is -2.26. The predicted molar refractivity (Wildman–Crippen MR) is 116 cm³/mol. The number of hydrogen-bond acceptors (Lipinski definition) is 5. The van der Waals surface area contributed by atoms with Crippen LogP contribution in [0.3, 0.4) is 0 Å². The molecule has 7 nitrogen and oxygen atoms in total. The average Bonchev–Trinajstić information content (AvgIpc) is 2.96. The van der Waals surface area contributed by atoms with Crippen molar-refractivity contribution in [3.05, 3.63) is 52.7 Å². The van der Waals surface area contributed by atoms with Gasteiger partial charge in [-0.15, -0.1) is 0 Å². The molecule has 0 saturated carbocycles. The zero-order valence-corrected chi connectivity index (χ0v) is 17.9. The zero-order valence-electron chi connectivity index (χ0n) is 16.3. The topological polar surface area (TPSA) is 91.4 Å². The maximum Gasteiger partial charge on any atom is 0.251 e. The highest BCUT2D eigenvalue weighted by atomic mass is 35.5. The average molecular weight is 437 g/mol. The van der Waals surface area contributed by atoms with Crippen molar-refractivity contribution in [3.8, 4) is 0 Å². The summed E-state index contributed by atoms with van der Waals surface area (Å²) in [6.45, 7) is 2.35. The highest BCUT2D eigenvalue weighted by molar-refractivity contribution is 7.92. The molecule has 1 aromatic heterocycles. The molecule has 1 saturated heterocycles. The SMILES string of the molecule is CS(=O)(=O)Nc1cc(C(=O)NCc2ccnc(N3CCCCCC3)c2)ccc1Cl. The van der Waals surface area contributed by atoms with Crippen LogP contribution in [0.15, 0.2) is 36.5 Å². The lowest BCUT2D eigenvalue weighted by Gasteiger charge is -2.21. The molecule has 29 heavy (non-hydrogen) atoms. The van der Waals surface area contributed by atoms with Crippen LogP contribution in [-0.4, -0.2) is 38.7 Å². The van der Waals surface area contributed by atoms with Gasteiger partial charge in [-0.1, -0.05) is 24.4 Å². The standard InChI is InChI=1S/C20H25ClN4O3S/c1-29(27,28)24-18-13-16(6-7-17(18)21)20(26)23-14-15-8-9-22-19(12-15)25-10-4-2-3-5-11-25/h6-9,12-13,24H,2-5,10-11,14H2,1H3,(H,23,26). The van der Waals surface area contributed by atoms with E-state index in [-0.39, 0.29) is 16.6 Å². The number of pyridine rings is 1. The summed E-state index contributed by atoms with van der Waals surface area (Å²) in [6.07, 6.45) is 7.64. The zero-order chi connectivity index (χ0) is 20.9. The first kappa shape index (κ1) is 21.4. The first-order valence-electron chi connectivity index (χ1n) is 9.57. The Morgan fingerprint density at radius 2 is 1.86 bits per heavy atom. The fourth-order valence-electron chi connectivity index (χ4n) is 3.27. The number of rotatable bonds is 6. The van der Waals surface area contributed by atoms with Gasteiger partial charge in [0, 0.05) is 31.4 Å². The number of aromatic nitrogens is 1. The Morgan fingerprint density at radius 1 is 1.14 bits per heavy atom. The van der Waals surface area contributed by atoms with Gasteiger partial charge in [0.25, 0.3) is 5.91 Å². The lowest BCUT2D eigenvalue weighted by molar-refractivity contribution is 0.0951. The second-order valence-corrected chi connectivity index (χ2v) is 9.33. The fourth-order valence-corrected chi connectivity index (χ4v) is 4.06. The number of hydrogen-bond donors (Lipinski definition) is 2. The highest BCUT2D eigenvalue weighted by Gasteiger charge is 2.13. The lowest BCUT2D eigenvalue weighted by atomic mass is 10.2. The Morgan fingerprint density at radius 3 is 2.55 bits per heavy atom. The van der Waals surface area contributed by atoms with Gasteiger partial charge < -0.3 is 10.2 Å². The molecule has 2 aromatic rings. The van der Waals surface area contributed by atoms with Crippen LogP contribution < -0.4 is 14.9 Å². The Bertz CT molecular complexity index is 973. The molecule has 0 bridgehead atoms. The van der Waals surface area contributed by atoms with Crippen molar-refractivity contribution < 1.29 is 13.2 Å². The molecule has 0 aliphatic carbocycles. The van der Waals surface area contributed by atoms with Gasteiger partial charge in [-0.25, -0.2) is 13.4 Å². The van der Waals surface area contributed by atoms with E-state index in [1.807, 2.05) is 12.1 Å². The molecule has 0 atom stereocenters. The van der Waals surface area contributed by atoms with Gasteiger partial charge in [0.2, 0.25) is 10.0 Å². The second-order valence-electron chi connectivity index (χ2n) is 7.18. The minimum Gasteiger partial charge on any atom is -0.357 e. The Labute approximate surface area is 176 Å². The molecule has 3 rings (SSSR count). The number of carbonyl (C=O) groups excluding carboxylic acids is 1. The summed E-state index contributed by atoms with van der Waals surface area (Å²) in [5.74, 6) is 0.621. The van der Waals surface area contributed by atoms with Crippen LogP contribution in [0, 0.1) is 0 Å². The van der Waals surface area contributed by atoms with E-state index in [1.54, 1.807) is 12.3 Å². The Balaban J connectivity index is 1.66. The predicted octanol–water partition coefficient (Wildman–Crippen LogP) is 3.42. The van der Waals surface area contributed by atoms with Crippen molar-refractivity contribution in [3.63, 3.8) is 0 Å². The number of anilines is 2. The van der Waals surface area contributed by atoms with E-state index in [4.69, 9.17) is 11.6 Å². The van der Waals surface area contributed by atoms with Crippen LogP contribution in [0.2, 0.25) is 5.02 Å². The summed E-state index contributed by atoms with van der Waals surface area (Å²) < 4.78 is 25.2. The molecule has 1 fully saturated rings. The van der Waals surface area contributed by atoms with E-state index in [0.717, 1.165) is 30.7 Å². The molecule has 9 heteroatoms. The number of amides is 1. The van der Waals surface area contributed by atoms with Gasteiger partial charge in [-0.3, -0.25) is 9.52 Å². The smallest absolute Gasteiger partial charge is 0.251 e. The fraction of sp³-hybridized carbons (Fsp3) is 0.400. The third-order valence-electron chi connectivity index (χ3n) is 4.72. The molecule has 1 aliphatic heterocycles. The molecular formula is C20H25ClN4O3S. The molecule has 1 amide bonds. The van der Waals surface area contributed by atoms with Gasteiger partial charge in [-0.2, -0.15) is 0 Å². The maximum atomic E-state index is 12.5. The first-order chi connectivity index (χ1) is 13.8. The third-order valence-corrected chi connectivity index (χ3v) is 5.64. The number of halogens is 1. The van der Waals surface area contributed by atoms with Crippen LogP contribution in [0.4, 0.5) is 11.5 Å². The van der Waals surface area contributed by atoms with E-state index in [9.17, 15) is 13.2 Å². The summed E-state index contributed by atoms with van der Waals surface area (Å²) in [7, 11) is -3.49. The first-order valence-corrected chi connectivity index (χ1v) is 11.8. The third kappa shape index (κ3) is 6.33. The van der Waals surface area contributed by atoms with E-state index < -0.39 is 10.0 Å². The summed E-state index contributed by atoms with van der Waals surface area (Å²) in [5.41, 5.74) is 1.45. The van der Waals surface area contributed by atoms with Crippen LogP contribution in [-0.2, 0) is 16.6 Å². The minimum absolute atomic E-state index is 0.175. The van der Waals surface area contributed by atoms with Crippen LogP contribution in [0.25, 0.3) is 0 Å². The maximum absolute atomic E-state index is 12.5. The summed E-state index contributed by atoms with van der Waals surface area (Å²) in [4.78, 5) is 19.3. The second kappa shape index (κ2) is 9.45. The number of sulfonamides is 1. The summed E-state index contributed by atoms with van der Waals surface area (Å²) in [5, 5.41) is 3.09. The van der Waals surface area contributed by atoms with E-state index >= 15 is 0 Å². The van der Waals surface area contributed by atoms with E-state index in [1.165, 1.54) is 37.8 Å². The number of nitrogens with zero attached hydrogens (tertiary/aromatic N) is 2. The summed E-state index contributed by atoms with van der Waals surface area (Å²) >= 11 is 6.01. The molecular weight excluding hydrogens is 412 g/mol. The van der Waals surface area contributed by atoms with Crippen molar-refractivity contribution in [2.45, 2.75) is 32.2 Å². The van der Waals surface area contributed by atoms with Gasteiger partial charge in [0.05, 0.1) is 17.0 Å². The van der Waals surface area contributed by atoms with Crippen molar-refractivity contribution in [2.24, 2.45) is 0 Å². The van der Waals surface area contributed by atoms with Crippen molar-refractivity contribution in [1.82, 2.24) is 10.3 Å². The number of benzene rings is 1. The van der Waals surface area contributed by atoms with Gasteiger partial charge in [0.1, 0.15) is 5.82 Å². The minimum atomic E-state index is -3.49. The molecule has 156 valence electrons. The number of carbonyl (C=O) groups is 1. The van der Waals surface area contributed by atoms with Gasteiger partial charge >= 0.3 is 0 Å². The Hall–Kier alpha value is -2.32. The summed E-state index contributed by atoms with van der Waals surface area (Å²) in [6, 6.07) is 8.35. The van der Waals surface area contributed by atoms with Crippen LogP contribution in [0.5, 0.6) is 0 Å². The molecule has 0 radical (unpaired) electrons. The van der Waals surface area contributed by atoms with Gasteiger partial charge in [-0.05, 0) is 48.7 Å². The van der Waals surface area contributed by atoms with Crippen molar-refractivity contribution >= 4 is 39.0 Å². The van der Waals surface area contributed by atoms with Gasteiger partial charge in [0.15, 0.2) is 0 Å². The Kier molecular flexibility index (Phi) is 6.97. The molecule has 2 heterocycles. The molecule has 2 N–H and O–H groups in total. The van der Waals surface area contributed by atoms with Crippen LogP contribution in [0.1, 0.15) is 41.6 Å². The number of nitrogens with one attached hydrogen (secondary N) is 2. The molecule has 1 aromatic carbocycles. The van der Waals surface area contributed by atoms with E-state index in [0.29, 0.717) is 12.1 Å². The molecule has 1 aliphatic rings. The normalized spacial score (nSPS) is 14.9.